The van der Waals surface area contributed by atoms with Gasteiger partial charge in [0.05, 0.1) is 6.17 Å². The highest BCUT2D eigenvalue weighted by Crippen LogP contribution is 2.28. The molecule has 26 heavy (non-hydrogen) atoms. The number of hydrogen-bond donors (Lipinski definition) is 4. The summed E-state index contributed by atoms with van der Waals surface area (Å²) in [7, 11) is 3.26. The monoisotopic (exact) mass is 358 g/mol. The van der Waals surface area contributed by atoms with Crippen LogP contribution in [0.3, 0.4) is 0 Å². The molecule has 1 unspecified atom stereocenters. The van der Waals surface area contributed by atoms with Gasteiger partial charge in [-0.05, 0) is 23.1 Å². The van der Waals surface area contributed by atoms with Crippen LogP contribution < -0.4 is 22.1 Å². The Morgan fingerprint density at radius 2 is 1.69 bits per heavy atom. The first kappa shape index (κ1) is 20.5. The summed E-state index contributed by atoms with van der Waals surface area (Å²) < 4.78 is 10.6. The Kier molecular flexibility index (Phi) is 8.70. The fourth-order valence-electron chi connectivity index (χ4n) is 2.75. The van der Waals surface area contributed by atoms with E-state index in [2.05, 4.69) is 41.5 Å². The van der Waals surface area contributed by atoms with Gasteiger partial charge in [0, 0.05) is 26.3 Å². The van der Waals surface area contributed by atoms with Gasteiger partial charge in [-0.25, -0.2) is 10.9 Å². The van der Waals surface area contributed by atoms with E-state index < -0.39 is 0 Å². The average Bonchev–Trinajstić information content (AvgIpc) is 2.69. The molecule has 142 valence electrons. The molecule has 6 heteroatoms. The van der Waals surface area contributed by atoms with Crippen LogP contribution in [0.2, 0.25) is 0 Å². The van der Waals surface area contributed by atoms with Gasteiger partial charge in [0.2, 0.25) is 0 Å². The van der Waals surface area contributed by atoms with Gasteiger partial charge in [0.15, 0.2) is 6.29 Å². The third-order valence-electron chi connectivity index (χ3n) is 4.19. The van der Waals surface area contributed by atoms with Crippen molar-refractivity contribution in [1.29, 1.82) is 0 Å². The number of nitrogens with one attached hydrogen (secondary N) is 3. The van der Waals surface area contributed by atoms with E-state index in [0.717, 1.165) is 41.6 Å². The van der Waals surface area contributed by atoms with Gasteiger partial charge in [0.1, 0.15) is 0 Å². The number of nitrogens with two attached hydrogens (primary N) is 1. The number of hydrazine groups is 2. The van der Waals surface area contributed by atoms with Gasteiger partial charge in [-0.2, -0.15) is 5.53 Å². The minimum Gasteiger partial charge on any atom is -0.352 e. The molecule has 2 aromatic rings. The maximum atomic E-state index is 6.32. The van der Waals surface area contributed by atoms with Crippen LogP contribution in [0.25, 0.3) is 11.1 Å². The van der Waals surface area contributed by atoms with Crippen LogP contribution >= 0.6 is 0 Å². The zero-order valence-electron chi connectivity index (χ0n) is 15.8. The average molecular weight is 358 g/mol. The first-order valence-electron chi connectivity index (χ1n) is 8.95. The van der Waals surface area contributed by atoms with E-state index in [1.165, 1.54) is 0 Å². The molecule has 0 fully saturated rings. The molecule has 0 amide bonds. The van der Waals surface area contributed by atoms with Crippen LogP contribution in [0.4, 0.5) is 0 Å². The van der Waals surface area contributed by atoms with Gasteiger partial charge in [-0.3, -0.25) is 0 Å². The van der Waals surface area contributed by atoms with Crippen molar-refractivity contribution in [1.82, 2.24) is 16.4 Å². The zero-order valence-corrected chi connectivity index (χ0v) is 15.8. The molecule has 2 rings (SSSR count). The van der Waals surface area contributed by atoms with Gasteiger partial charge in [0.25, 0.3) is 0 Å². The van der Waals surface area contributed by atoms with E-state index in [9.17, 15) is 0 Å². The highest BCUT2D eigenvalue weighted by molar-refractivity contribution is 5.68. The topological polar surface area (TPSA) is 80.6 Å². The molecule has 0 saturated carbocycles. The van der Waals surface area contributed by atoms with Crippen LogP contribution in [-0.4, -0.2) is 20.8 Å². The largest absolute Gasteiger partial charge is 0.352 e. The Labute approximate surface area is 156 Å². The van der Waals surface area contributed by atoms with Crippen molar-refractivity contribution < 1.29 is 9.47 Å². The van der Waals surface area contributed by atoms with E-state index in [1.54, 1.807) is 14.2 Å². The summed E-state index contributed by atoms with van der Waals surface area (Å²) in [6, 6.07) is 16.2. The van der Waals surface area contributed by atoms with Crippen molar-refractivity contribution >= 4 is 0 Å². The normalized spacial score (nSPS) is 12.5. The number of hydrogen-bond acceptors (Lipinski definition) is 6. The van der Waals surface area contributed by atoms with Crippen LogP contribution in [-0.2, 0) is 9.47 Å². The molecule has 5 N–H and O–H groups in total. The van der Waals surface area contributed by atoms with Crippen molar-refractivity contribution in [2.45, 2.75) is 32.2 Å². The SMILES string of the molecule is CCCCNNNC(N)c1ccccc1-c1ccc(C(OC)OC)cc1. The molecule has 0 aliphatic rings. The Morgan fingerprint density at radius 3 is 2.35 bits per heavy atom. The molecular formula is C20H30N4O2. The van der Waals surface area contributed by atoms with Crippen molar-refractivity contribution in [2.24, 2.45) is 5.73 Å². The molecule has 0 aromatic heterocycles. The van der Waals surface area contributed by atoms with Crippen molar-refractivity contribution in [2.75, 3.05) is 20.8 Å². The summed E-state index contributed by atoms with van der Waals surface area (Å²) in [5, 5.41) is 0. The Hall–Kier alpha value is -1.80. The molecule has 0 aliphatic heterocycles. The quantitative estimate of drug-likeness (QED) is 0.281. The standard InChI is InChI=1S/C20H30N4O2/c1-4-5-14-22-24-23-19(21)18-9-7-6-8-17(18)15-10-12-16(13-11-15)20(25-2)26-3/h6-13,19-20,22-24H,4-5,14,21H2,1-3H3. The molecule has 0 spiro atoms. The molecule has 6 nitrogen and oxygen atoms in total. The predicted octanol–water partition coefficient (Wildman–Crippen LogP) is 3.00. The molecule has 0 bridgehead atoms. The number of rotatable bonds is 11. The van der Waals surface area contributed by atoms with Gasteiger partial charge < -0.3 is 15.2 Å². The maximum Gasteiger partial charge on any atom is 0.183 e. The fourth-order valence-corrected chi connectivity index (χ4v) is 2.75. The second-order valence-corrected chi connectivity index (χ2v) is 6.04. The summed E-state index contributed by atoms with van der Waals surface area (Å²) in [4.78, 5) is 0. The summed E-state index contributed by atoms with van der Waals surface area (Å²) in [6.07, 6.45) is 1.55. The number of methoxy groups -OCH3 is 2. The lowest BCUT2D eigenvalue weighted by Gasteiger charge is -2.19. The van der Waals surface area contributed by atoms with E-state index in [-0.39, 0.29) is 12.5 Å². The fraction of sp³-hybridized carbons (Fsp3) is 0.400. The molecule has 0 aliphatic carbocycles. The van der Waals surface area contributed by atoms with E-state index in [0.29, 0.717) is 0 Å². The zero-order chi connectivity index (χ0) is 18.8. The summed E-state index contributed by atoms with van der Waals surface area (Å²) in [6.45, 7) is 3.04. The van der Waals surface area contributed by atoms with Crippen molar-refractivity contribution in [3.63, 3.8) is 0 Å². The molecule has 1 atom stereocenters. The number of ether oxygens (including phenoxy) is 2. The lowest BCUT2D eigenvalue weighted by Crippen LogP contribution is -2.48. The first-order valence-corrected chi connectivity index (χ1v) is 8.95. The summed E-state index contributed by atoms with van der Waals surface area (Å²) in [5.74, 6) is 0. The molecule has 0 heterocycles. The second kappa shape index (κ2) is 11.0. The minimum absolute atomic E-state index is 0.342. The highest BCUT2D eigenvalue weighted by Gasteiger charge is 2.13. The van der Waals surface area contributed by atoms with Crippen LogP contribution in [0.5, 0.6) is 0 Å². The van der Waals surface area contributed by atoms with Crippen molar-refractivity contribution in [3.05, 3.63) is 59.7 Å². The van der Waals surface area contributed by atoms with E-state index in [1.807, 2.05) is 30.3 Å². The van der Waals surface area contributed by atoms with Crippen molar-refractivity contribution in [3.8, 4) is 11.1 Å². The van der Waals surface area contributed by atoms with Gasteiger partial charge in [-0.1, -0.05) is 61.9 Å². The lowest BCUT2D eigenvalue weighted by molar-refractivity contribution is -0.106. The Bertz CT molecular complexity index is 645. The van der Waals surface area contributed by atoms with E-state index in [4.69, 9.17) is 15.2 Å². The van der Waals surface area contributed by atoms with Gasteiger partial charge in [-0.15, -0.1) is 0 Å². The molecule has 2 aromatic carbocycles. The maximum absolute atomic E-state index is 6.32. The lowest BCUT2D eigenvalue weighted by atomic mass is 9.97. The van der Waals surface area contributed by atoms with Crippen LogP contribution in [0.15, 0.2) is 48.5 Å². The molecule has 0 saturated heterocycles. The summed E-state index contributed by atoms with van der Waals surface area (Å²) >= 11 is 0. The highest BCUT2D eigenvalue weighted by atomic mass is 16.7. The third kappa shape index (κ3) is 5.60. The Morgan fingerprint density at radius 1 is 1.00 bits per heavy atom. The molecular weight excluding hydrogens is 328 g/mol. The Balaban J connectivity index is 2.10. The third-order valence-corrected chi connectivity index (χ3v) is 4.19. The van der Waals surface area contributed by atoms with Crippen LogP contribution in [0.1, 0.15) is 43.3 Å². The van der Waals surface area contributed by atoms with Crippen LogP contribution in [0, 0.1) is 0 Å². The first-order chi connectivity index (χ1) is 12.7. The summed E-state index contributed by atoms with van der Waals surface area (Å²) in [5.41, 5.74) is 19.7. The van der Waals surface area contributed by atoms with E-state index >= 15 is 0 Å². The molecule has 0 radical (unpaired) electrons. The minimum atomic E-state index is -0.360. The second-order valence-electron chi connectivity index (χ2n) is 6.04. The number of benzene rings is 2. The van der Waals surface area contributed by atoms with Gasteiger partial charge >= 0.3 is 0 Å². The predicted molar refractivity (Wildman–Crippen MR) is 105 cm³/mol. The smallest absolute Gasteiger partial charge is 0.183 e. The number of unbranched alkanes of at least 4 members (excludes halogenated alkanes) is 1.